The summed E-state index contributed by atoms with van der Waals surface area (Å²) in [5.74, 6) is -0.309. The van der Waals surface area contributed by atoms with E-state index in [4.69, 9.17) is 5.11 Å². The molecule has 1 aliphatic rings. The second-order valence-corrected chi connectivity index (χ2v) is 5.57. The number of piperidine rings is 1. The van der Waals surface area contributed by atoms with Crippen LogP contribution < -0.4 is 0 Å². The maximum absolute atomic E-state index is 12.3. The van der Waals surface area contributed by atoms with Gasteiger partial charge in [0.1, 0.15) is 6.54 Å². The summed E-state index contributed by atoms with van der Waals surface area (Å²) in [7, 11) is 3.82. The number of amides is 2. The van der Waals surface area contributed by atoms with Crippen molar-refractivity contribution in [2.75, 3.05) is 46.8 Å². The molecule has 0 bridgehead atoms. The molecule has 19 heavy (non-hydrogen) atoms. The van der Waals surface area contributed by atoms with Crippen LogP contribution in [0.4, 0.5) is 4.79 Å². The van der Waals surface area contributed by atoms with Gasteiger partial charge >= 0.3 is 12.0 Å². The molecule has 0 aliphatic carbocycles. The Morgan fingerprint density at radius 3 is 2.26 bits per heavy atom. The number of carboxylic acid groups (broad SMARTS) is 1. The van der Waals surface area contributed by atoms with E-state index in [-0.39, 0.29) is 12.6 Å². The molecule has 0 aromatic carbocycles. The zero-order valence-corrected chi connectivity index (χ0v) is 12.1. The summed E-state index contributed by atoms with van der Waals surface area (Å²) < 4.78 is 0. The lowest BCUT2D eigenvalue weighted by Crippen LogP contribution is -2.49. The van der Waals surface area contributed by atoms with Crippen LogP contribution in [0.15, 0.2) is 0 Å². The fourth-order valence-corrected chi connectivity index (χ4v) is 2.13. The van der Waals surface area contributed by atoms with Gasteiger partial charge in [-0.3, -0.25) is 4.79 Å². The molecule has 2 amide bonds. The van der Waals surface area contributed by atoms with Gasteiger partial charge in [0.2, 0.25) is 0 Å². The molecular formula is C13H25N3O3. The molecule has 1 fully saturated rings. The molecule has 1 heterocycles. The largest absolute Gasteiger partial charge is 0.480 e. The quantitative estimate of drug-likeness (QED) is 0.803. The van der Waals surface area contributed by atoms with Gasteiger partial charge in [0.05, 0.1) is 0 Å². The minimum atomic E-state index is -0.961. The van der Waals surface area contributed by atoms with Gasteiger partial charge in [-0.15, -0.1) is 0 Å². The molecule has 0 saturated carbocycles. The molecule has 0 unspecified atom stereocenters. The molecule has 0 spiro atoms. The first-order chi connectivity index (χ1) is 8.90. The number of carbonyl (C=O) groups excluding carboxylic acids is 1. The van der Waals surface area contributed by atoms with E-state index in [1.165, 1.54) is 4.90 Å². The molecule has 1 aliphatic heterocycles. The first-order valence-corrected chi connectivity index (χ1v) is 6.80. The summed E-state index contributed by atoms with van der Waals surface area (Å²) in [6.07, 6.45) is 2.00. The molecule has 6 heteroatoms. The summed E-state index contributed by atoms with van der Waals surface area (Å²) in [6, 6.07) is -0.142. The smallest absolute Gasteiger partial charge is 0.323 e. The van der Waals surface area contributed by atoms with E-state index in [1.807, 2.05) is 19.0 Å². The van der Waals surface area contributed by atoms with Crippen LogP contribution in [0, 0.1) is 5.92 Å². The van der Waals surface area contributed by atoms with Gasteiger partial charge in [0, 0.05) is 26.2 Å². The van der Waals surface area contributed by atoms with Gasteiger partial charge in [-0.1, -0.05) is 6.92 Å². The van der Waals surface area contributed by atoms with Crippen molar-refractivity contribution in [3.8, 4) is 0 Å². The van der Waals surface area contributed by atoms with Crippen molar-refractivity contribution in [1.82, 2.24) is 14.7 Å². The Hall–Kier alpha value is -1.30. The van der Waals surface area contributed by atoms with Crippen LogP contribution in [0.2, 0.25) is 0 Å². The molecule has 6 nitrogen and oxygen atoms in total. The zero-order chi connectivity index (χ0) is 14.4. The molecule has 0 radical (unpaired) electrons. The van der Waals surface area contributed by atoms with E-state index in [1.54, 1.807) is 4.90 Å². The third-order valence-electron chi connectivity index (χ3n) is 3.47. The van der Waals surface area contributed by atoms with Gasteiger partial charge in [-0.25, -0.2) is 4.79 Å². The molecule has 0 atom stereocenters. The summed E-state index contributed by atoms with van der Waals surface area (Å²) in [5, 5.41) is 8.91. The second-order valence-electron chi connectivity index (χ2n) is 5.57. The molecule has 0 aromatic rings. The lowest BCUT2D eigenvalue weighted by atomic mass is 9.99. The van der Waals surface area contributed by atoms with Crippen molar-refractivity contribution < 1.29 is 14.7 Å². The van der Waals surface area contributed by atoms with E-state index in [2.05, 4.69) is 6.92 Å². The Labute approximate surface area is 115 Å². The molecule has 1 saturated heterocycles. The maximum Gasteiger partial charge on any atom is 0.323 e. The SMILES string of the molecule is CC1CCN(C(=O)N(CCN(C)C)CC(=O)O)CC1. The third kappa shape index (κ3) is 5.46. The summed E-state index contributed by atoms with van der Waals surface area (Å²) >= 11 is 0. The van der Waals surface area contributed by atoms with Gasteiger partial charge in [-0.05, 0) is 32.9 Å². The van der Waals surface area contributed by atoms with E-state index >= 15 is 0 Å². The molecule has 110 valence electrons. The van der Waals surface area contributed by atoms with Crippen molar-refractivity contribution in [3.63, 3.8) is 0 Å². The number of urea groups is 1. The Morgan fingerprint density at radius 1 is 1.21 bits per heavy atom. The van der Waals surface area contributed by atoms with Crippen molar-refractivity contribution in [3.05, 3.63) is 0 Å². The topological polar surface area (TPSA) is 64.1 Å². The minimum Gasteiger partial charge on any atom is -0.480 e. The number of carboxylic acids is 1. The number of rotatable bonds is 5. The number of likely N-dealkylation sites (N-methyl/N-ethyl adjacent to an activating group) is 1. The first kappa shape index (κ1) is 15.8. The van der Waals surface area contributed by atoms with Crippen LogP contribution >= 0.6 is 0 Å². The lowest BCUT2D eigenvalue weighted by molar-refractivity contribution is -0.137. The molecule has 1 rings (SSSR count). The maximum atomic E-state index is 12.3. The molecule has 1 N–H and O–H groups in total. The van der Waals surface area contributed by atoms with Crippen molar-refractivity contribution >= 4 is 12.0 Å². The summed E-state index contributed by atoms with van der Waals surface area (Å²) in [6.45, 7) is 4.55. The number of aliphatic carboxylic acids is 1. The predicted molar refractivity (Wildman–Crippen MR) is 73.1 cm³/mol. The van der Waals surface area contributed by atoms with Gasteiger partial charge in [0.15, 0.2) is 0 Å². The van der Waals surface area contributed by atoms with Crippen LogP contribution in [0.25, 0.3) is 0 Å². The monoisotopic (exact) mass is 271 g/mol. The average Bonchev–Trinajstić information content (AvgIpc) is 2.34. The number of likely N-dealkylation sites (tertiary alicyclic amines) is 1. The van der Waals surface area contributed by atoms with Gasteiger partial charge in [0.25, 0.3) is 0 Å². The highest BCUT2D eigenvalue weighted by Crippen LogP contribution is 2.17. The Balaban J connectivity index is 2.57. The van der Waals surface area contributed by atoms with E-state index in [0.717, 1.165) is 25.9 Å². The Morgan fingerprint density at radius 2 is 1.79 bits per heavy atom. The number of carbonyl (C=O) groups is 2. The Bertz CT molecular complexity index is 312. The zero-order valence-electron chi connectivity index (χ0n) is 12.1. The number of nitrogens with zero attached hydrogens (tertiary/aromatic N) is 3. The lowest BCUT2D eigenvalue weighted by Gasteiger charge is -2.34. The highest BCUT2D eigenvalue weighted by Gasteiger charge is 2.25. The normalized spacial score (nSPS) is 16.7. The summed E-state index contributed by atoms with van der Waals surface area (Å²) in [5.41, 5.74) is 0. The third-order valence-corrected chi connectivity index (χ3v) is 3.47. The van der Waals surface area contributed by atoms with Crippen LogP contribution in [0.1, 0.15) is 19.8 Å². The summed E-state index contributed by atoms with van der Waals surface area (Å²) in [4.78, 5) is 28.3. The average molecular weight is 271 g/mol. The first-order valence-electron chi connectivity index (χ1n) is 6.80. The van der Waals surface area contributed by atoms with Gasteiger partial charge < -0.3 is 19.8 Å². The standard InChI is InChI=1S/C13H25N3O3/c1-11-4-6-15(7-5-11)13(19)16(10-12(17)18)9-8-14(2)3/h11H,4-10H2,1-3H3,(H,17,18). The number of hydrogen-bond acceptors (Lipinski definition) is 3. The fraction of sp³-hybridized carbons (Fsp3) is 0.846. The Kier molecular flexibility index (Phi) is 6.08. The predicted octanol–water partition coefficient (Wildman–Crippen LogP) is 0.787. The fourth-order valence-electron chi connectivity index (χ4n) is 2.13. The minimum absolute atomic E-state index is 0.142. The highest BCUT2D eigenvalue weighted by atomic mass is 16.4. The number of hydrogen-bond donors (Lipinski definition) is 1. The van der Waals surface area contributed by atoms with Gasteiger partial charge in [-0.2, -0.15) is 0 Å². The van der Waals surface area contributed by atoms with Crippen LogP contribution in [0.5, 0.6) is 0 Å². The molecule has 0 aromatic heterocycles. The van der Waals surface area contributed by atoms with Crippen LogP contribution in [-0.2, 0) is 4.79 Å². The van der Waals surface area contributed by atoms with Crippen molar-refractivity contribution in [1.29, 1.82) is 0 Å². The van der Waals surface area contributed by atoms with Crippen molar-refractivity contribution in [2.24, 2.45) is 5.92 Å². The van der Waals surface area contributed by atoms with E-state index in [9.17, 15) is 9.59 Å². The van der Waals surface area contributed by atoms with Crippen molar-refractivity contribution in [2.45, 2.75) is 19.8 Å². The highest BCUT2D eigenvalue weighted by molar-refractivity contribution is 5.80. The second kappa shape index (κ2) is 7.33. The van der Waals surface area contributed by atoms with E-state index < -0.39 is 5.97 Å². The molecular weight excluding hydrogens is 246 g/mol. The van der Waals surface area contributed by atoms with Crippen LogP contribution in [-0.4, -0.2) is 78.6 Å². The van der Waals surface area contributed by atoms with Crippen LogP contribution in [0.3, 0.4) is 0 Å². The van der Waals surface area contributed by atoms with E-state index in [0.29, 0.717) is 19.0 Å².